The lowest BCUT2D eigenvalue weighted by Crippen LogP contribution is -1.84. The third-order valence-corrected chi connectivity index (χ3v) is 7.94. The molecule has 0 aliphatic heterocycles. The van der Waals surface area contributed by atoms with Crippen LogP contribution in [-0.4, -0.2) is 4.98 Å². The smallest absolute Gasteiger partial charge is 0.0738 e. The lowest BCUT2D eigenvalue weighted by molar-refractivity contribution is 1.37. The van der Waals surface area contributed by atoms with Crippen LogP contribution < -0.4 is 0 Å². The van der Waals surface area contributed by atoms with E-state index in [1.165, 1.54) is 48.4 Å². The van der Waals surface area contributed by atoms with Crippen LogP contribution in [0.25, 0.3) is 37.2 Å². The average molecular weight is 353 g/mol. The quantitative estimate of drug-likeness (QED) is 0.305. The summed E-state index contributed by atoms with van der Waals surface area (Å²) in [6.07, 6.45) is 1.90. The van der Waals surface area contributed by atoms with Crippen molar-refractivity contribution in [1.82, 2.24) is 4.98 Å². The molecule has 0 fully saturated rings. The van der Waals surface area contributed by atoms with Gasteiger partial charge in [0.1, 0.15) is 0 Å². The maximum Gasteiger partial charge on any atom is 0.0738 e. The van der Waals surface area contributed by atoms with Crippen LogP contribution in [0, 0.1) is 20.8 Å². The number of hydrogen-bond donors (Lipinski definition) is 0. The molecule has 1 nitrogen and oxygen atoms in total. The van der Waals surface area contributed by atoms with Crippen molar-refractivity contribution >= 4 is 39.4 Å². The lowest BCUT2D eigenvalue weighted by atomic mass is 10.0. The summed E-state index contributed by atoms with van der Waals surface area (Å²) in [6, 6.07) is 22.5. The van der Waals surface area contributed by atoms with E-state index in [2.05, 4.69) is 86.4 Å². The fraction of sp³-hybridized carbons (Fsp3) is 0.125. The van der Waals surface area contributed by atoms with Gasteiger partial charge in [0.25, 0.3) is 0 Å². The highest BCUT2D eigenvalue weighted by atomic mass is 31.1. The van der Waals surface area contributed by atoms with Crippen molar-refractivity contribution in [3.05, 3.63) is 83.6 Å². The maximum atomic E-state index is 4.68. The molecule has 0 radical (unpaired) electrons. The Bertz CT molecular complexity index is 1300. The molecule has 26 heavy (non-hydrogen) atoms. The van der Waals surface area contributed by atoms with Crippen molar-refractivity contribution in [3.8, 4) is 5.30 Å². The second-order valence-corrected chi connectivity index (χ2v) is 9.26. The van der Waals surface area contributed by atoms with E-state index in [-0.39, 0.29) is 0 Å². The van der Waals surface area contributed by atoms with Crippen LogP contribution in [0.3, 0.4) is 0 Å². The summed E-state index contributed by atoms with van der Waals surface area (Å²) in [6.45, 7) is 6.63. The zero-order valence-electron chi connectivity index (χ0n) is 15.2. The highest BCUT2D eigenvalue weighted by molar-refractivity contribution is 7.68. The normalized spacial score (nSPS) is 12.3. The first kappa shape index (κ1) is 15.6. The number of rotatable bonds is 1. The van der Waals surface area contributed by atoms with Crippen LogP contribution in [-0.2, 0) is 0 Å². The molecular weight excluding hydrogens is 333 g/mol. The number of hydrogen-bond acceptors (Lipinski definition) is 1. The fourth-order valence-corrected chi connectivity index (χ4v) is 6.85. The van der Waals surface area contributed by atoms with Gasteiger partial charge in [-0.25, -0.2) is 0 Å². The molecule has 1 atom stereocenters. The molecule has 5 aromatic rings. The Morgan fingerprint density at radius 3 is 2.23 bits per heavy atom. The van der Waals surface area contributed by atoms with Crippen LogP contribution in [0.15, 0.2) is 66.9 Å². The number of fused-ring (bicyclic) bond motifs is 5. The summed E-state index contributed by atoms with van der Waals surface area (Å²) in [5, 5.41) is 8.47. The molecule has 126 valence electrons. The second-order valence-electron chi connectivity index (χ2n) is 7.11. The van der Waals surface area contributed by atoms with Gasteiger partial charge >= 0.3 is 0 Å². The van der Waals surface area contributed by atoms with Crippen LogP contribution in [0.2, 0.25) is 0 Å². The van der Waals surface area contributed by atoms with Gasteiger partial charge in [0, 0.05) is 27.2 Å². The summed E-state index contributed by atoms with van der Waals surface area (Å²) in [4.78, 5) is 4.68. The molecule has 0 amide bonds. The van der Waals surface area contributed by atoms with Gasteiger partial charge in [-0.1, -0.05) is 50.0 Å². The monoisotopic (exact) mass is 353 g/mol. The van der Waals surface area contributed by atoms with Crippen molar-refractivity contribution in [1.29, 1.82) is 0 Å². The second kappa shape index (κ2) is 5.69. The van der Waals surface area contributed by atoms with E-state index in [0.29, 0.717) is 0 Å². The van der Waals surface area contributed by atoms with Gasteiger partial charge in [-0.3, -0.25) is 4.98 Å². The van der Waals surface area contributed by atoms with Gasteiger partial charge in [0.2, 0.25) is 0 Å². The van der Waals surface area contributed by atoms with Crippen molar-refractivity contribution < 1.29 is 0 Å². The Labute approximate surface area is 154 Å². The third kappa shape index (κ3) is 2.14. The first-order valence-corrected chi connectivity index (χ1v) is 10.3. The van der Waals surface area contributed by atoms with Gasteiger partial charge in [-0.15, -0.1) is 0 Å². The largest absolute Gasteiger partial charge is 0.256 e. The van der Waals surface area contributed by atoms with Crippen LogP contribution >= 0.6 is 7.53 Å². The molecule has 2 heterocycles. The molecule has 0 N–H and O–H groups in total. The number of aryl methyl sites for hydroxylation is 3. The molecule has 0 saturated carbocycles. The van der Waals surface area contributed by atoms with E-state index in [1.54, 1.807) is 0 Å². The number of aromatic nitrogens is 1. The molecule has 3 aromatic carbocycles. The van der Waals surface area contributed by atoms with Crippen molar-refractivity contribution in [2.45, 2.75) is 20.8 Å². The number of pyridine rings is 1. The average Bonchev–Trinajstić information content (AvgIpc) is 2.96. The molecule has 0 aliphatic rings. The van der Waals surface area contributed by atoms with E-state index in [4.69, 9.17) is 0 Å². The molecule has 0 saturated heterocycles. The number of benzene rings is 3. The SMILES string of the molecule is Cc1cc2c3c4cccnc4c(C)cc3p(-c3ccccc3)c2cc1C. The Hall–Kier alpha value is -2.63. The summed E-state index contributed by atoms with van der Waals surface area (Å²) in [5.74, 6) is 0. The first-order chi connectivity index (χ1) is 12.6. The Kier molecular flexibility index (Phi) is 3.42. The van der Waals surface area contributed by atoms with E-state index < -0.39 is 7.53 Å². The molecule has 0 spiro atoms. The van der Waals surface area contributed by atoms with E-state index in [1.807, 2.05) is 6.20 Å². The Morgan fingerprint density at radius 1 is 0.692 bits per heavy atom. The van der Waals surface area contributed by atoms with E-state index in [0.717, 1.165) is 5.52 Å². The predicted octanol–water partition coefficient (Wildman–Crippen LogP) is 7.44. The zero-order chi connectivity index (χ0) is 17.8. The highest BCUT2D eigenvalue weighted by Gasteiger charge is 2.18. The Morgan fingerprint density at radius 2 is 1.42 bits per heavy atom. The molecule has 5 rings (SSSR count). The fourth-order valence-electron chi connectivity index (χ4n) is 4.04. The minimum Gasteiger partial charge on any atom is -0.256 e. The molecular formula is C24H20NP. The zero-order valence-corrected chi connectivity index (χ0v) is 16.1. The van der Waals surface area contributed by atoms with Crippen LogP contribution in [0.4, 0.5) is 0 Å². The summed E-state index contributed by atoms with van der Waals surface area (Å²) >= 11 is 0. The van der Waals surface area contributed by atoms with Crippen molar-refractivity contribution in [3.63, 3.8) is 0 Å². The minimum absolute atomic E-state index is 0.518. The van der Waals surface area contributed by atoms with Crippen molar-refractivity contribution in [2.24, 2.45) is 0 Å². The lowest BCUT2D eigenvalue weighted by Gasteiger charge is -2.06. The molecule has 2 aromatic heterocycles. The summed E-state index contributed by atoms with van der Waals surface area (Å²) < 4.78 is 0. The van der Waals surface area contributed by atoms with Crippen LogP contribution in [0.1, 0.15) is 16.7 Å². The molecule has 1 unspecified atom stereocenters. The Balaban J connectivity index is 2.11. The standard InChI is InChI=1S/C24H20NP/c1-15-12-20-21(13-16(15)2)26(18-8-5-4-6-9-18)22-14-17(3)24-19(23(20)22)10-7-11-25-24/h4-14H,1-3H3. The van der Waals surface area contributed by atoms with Gasteiger partial charge in [-0.05, 0) is 66.4 Å². The van der Waals surface area contributed by atoms with Gasteiger partial charge < -0.3 is 0 Å². The van der Waals surface area contributed by atoms with E-state index >= 15 is 0 Å². The summed E-state index contributed by atoms with van der Waals surface area (Å²) in [5.41, 5.74) is 5.13. The van der Waals surface area contributed by atoms with Gasteiger partial charge in [-0.2, -0.15) is 0 Å². The highest BCUT2D eigenvalue weighted by Crippen LogP contribution is 2.57. The molecule has 0 bridgehead atoms. The van der Waals surface area contributed by atoms with Crippen LogP contribution in [0.5, 0.6) is 0 Å². The van der Waals surface area contributed by atoms with Crippen molar-refractivity contribution in [2.75, 3.05) is 0 Å². The number of nitrogens with zero attached hydrogens (tertiary/aromatic N) is 1. The molecule has 2 heteroatoms. The summed E-state index contributed by atoms with van der Waals surface area (Å²) in [7, 11) is -0.518. The van der Waals surface area contributed by atoms with Gasteiger partial charge in [0.05, 0.1) is 5.52 Å². The first-order valence-electron chi connectivity index (χ1n) is 9.00. The minimum atomic E-state index is -0.518. The third-order valence-electron chi connectivity index (χ3n) is 5.44. The molecule has 0 aliphatic carbocycles. The van der Waals surface area contributed by atoms with Gasteiger partial charge in [0.15, 0.2) is 0 Å². The predicted molar refractivity (Wildman–Crippen MR) is 115 cm³/mol. The maximum absolute atomic E-state index is 4.68. The topological polar surface area (TPSA) is 12.9 Å². The van der Waals surface area contributed by atoms with E-state index in [9.17, 15) is 0 Å².